The van der Waals surface area contributed by atoms with E-state index < -0.39 is 0 Å². The number of anilines is 1. The largest absolute Gasteiger partial charge is 0.497 e. The van der Waals surface area contributed by atoms with Gasteiger partial charge in [-0.25, -0.2) is 0 Å². The number of aromatic nitrogens is 3. The van der Waals surface area contributed by atoms with Gasteiger partial charge < -0.3 is 24.3 Å². The van der Waals surface area contributed by atoms with Crippen LogP contribution in [-0.4, -0.2) is 33.9 Å². The number of nitrogens with zero attached hydrogens (tertiary/aromatic N) is 4. The van der Waals surface area contributed by atoms with Gasteiger partial charge in [-0.15, -0.1) is 0 Å². The van der Waals surface area contributed by atoms with Gasteiger partial charge in [0.2, 0.25) is 0 Å². The Balaban J connectivity index is 1.63. The Kier molecular flexibility index (Phi) is 6.14. The van der Waals surface area contributed by atoms with Crippen molar-refractivity contribution in [2.75, 3.05) is 19.1 Å². The van der Waals surface area contributed by atoms with Crippen LogP contribution in [0.5, 0.6) is 11.5 Å². The summed E-state index contributed by atoms with van der Waals surface area (Å²) in [6, 6.07) is 21.5. The Bertz CT molecular complexity index is 1280. The predicted octanol–water partition coefficient (Wildman–Crippen LogP) is 4.52. The summed E-state index contributed by atoms with van der Waals surface area (Å²) in [4.78, 5) is 11.3. The van der Waals surface area contributed by atoms with Gasteiger partial charge >= 0.3 is 0 Å². The van der Waals surface area contributed by atoms with Gasteiger partial charge in [0, 0.05) is 30.4 Å². The number of benzene rings is 1. The zero-order chi connectivity index (χ0) is 23.5. The fourth-order valence-electron chi connectivity index (χ4n) is 4.40. The maximum Gasteiger partial charge on any atom is 0.174 e. The first-order valence-electron chi connectivity index (χ1n) is 11.0. The van der Waals surface area contributed by atoms with E-state index in [1.54, 1.807) is 20.4 Å². The molecule has 0 saturated carbocycles. The molecule has 0 bridgehead atoms. The van der Waals surface area contributed by atoms with Gasteiger partial charge in [-0.2, -0.15) is 0 Å². The molecule has 1 aliphatic heterocycles. The van der Waals surface area contributed by atoms with Gasteiger partial charge in [0.25, 0.3) is 0 Å². The van der Waals surface area contributed by atoms with Crippen LogP contribution >= 0.6 is 12.2 Å². The molecule has 1 aromatic carbocycles. The lowest BCUT2D eigenvalue weighted by Gasteiger charge is -2.30. The maximum atomic E-state index is 5.87. The second kappa shape index (κ2) is 9.52. The fourth-order valence-corrected chi connectivity index (χ4v) is 4.74. The molecule has 3 aromatic heterocycles. The first-order valence-corrected chi connectivity index (χ1v) is 11.4. The van der Waals surface area contributed by atoms with E-state index in [1.165, 1.54) is 0 Å². The topological polar surface area (TPSA) is 64.4 Å². The molecule has 4 aromatic rings. The van der Waals surface area contributed by atoms with E-state index in [9.17, 15) is 0 Å². The predicted molar refractivity (Wildman–Crippen MR) is 135 cm³/mol. The quantitative estimate of drug-likeness (QED) is 0.398. The highest BCUT2D eigenvalue weighted by Gasteiger charge is 2.43. The van der Waals surface area contributed by atoms with Crippen molar-refractivity contribution in [2.45, 2.75) is 18.6 Å². The first kappa shape index (κ1) is 21.9. The minimum atomic E-state index is -0.164. The molecule has 1 aliphatic rings. The zero-order valence-corrected chi connectivity index (χ0v) is 19.8. The van der Waals surface area contributed by atoms with E-state index in [1.807, 2.05) is 60.8 Å². The second-order valence-electron chi connectivity index (χ2n) is 7.92. The van der Waals surface area contributed by atoms with Crippen LogP contribution < -0.4 is 19.7 Å². The van der Waals surface area contributed by atoms with Crippen molar-refractivity contribution in [1.82, 2.24) is 19.9 Å². The third-order valence-electron chi connectivity index (χ3n) is 5.97. The van der Waals surface area contributed by atoms with Crippen LogP contribution in [0.15, 0.2) is 85.3 Å². The summed E-state index contributed by atoms with van der Waals surface area (Å²) >= 11 is 5.87. The van der Waals surface area contributed by atoms with Crippen molar-refractivity contribution in [3.63, 3.8) is 0 Å². The maximum absolute atomic E-state index is 5.87. The van der Waals surface area contributed by atoms with Crippen molar-refractivity contribution in [1.29, 1.82) is 0 Å². The van der Waals surface area contributed by atoms with Crippen LogP contribution in [-0.2, 0) is 6.54 Å². The molecule has 1 fully saturated rings. The van der Waals surface area contributed by atoms with Crippen molar-refractivity contribution in [3.05, 3.63) is 102 Å². The van der Waals surface area contributed by atoms with Crippen molar-refractivity contribution >= 4 is 23.0 Å². The van der Waals surface area contributed by atoms with E-state index in [0.717, 1.165) is 28.5 Å². The van der Waals surface area contributed by atoms with Gasteiger partial charge in [0.05, 0.1) is 43.9 Å². The summed E-state index contributed by atoms with van der Waals surface area (Å²) in [6.07, 6.45) is 5.70. The smallest absolute Gasteiger partial charge is 0.174 e. The number of hydrogen-bond donors (Lipinski definition) is 1. The second-order valence-corrected chi connectivity index (χ2v) is 8.30. The average Bonchev–Trinajstić information content (AvgIpc) is 3.48. The third kappa shape index (κ3) is 4.08. The number of nitrogens with one attached hydrogen (secondary N) is 1. The molecule has 0 unspecified atom stereocenters. The number of hydrogen-bond acceptors (Lipinski definition) is 5. The number of rotatable bonds is 7. The van der Waals surface area contributed by atoms with Crippen LogP contribution in [0.3, 0.4) is 0 Å². The molecule has 2 atom stereocenters. The lowest BCUT2D eigenvalue weighted by Crippen LogP contribution is -2.30. The molecule has 34 heavy (non-hydrogen) atoms. The van der Waals surface area contributed by atoms with Crippen LogP contribution in [0.25, 0.3) is 0 Å². The summed E-state index contributed by atoms with van der Waals surface area (Å²) in [7, 11) is 3.29. The van der Waals surface area contributed by atoms with Crippen LogP contribution in [0.1, 0.15) is 29.2 Å². The number of pyridine rings is 2. The molecule has 172 valence electrons. The zero-order valence-electron chi connectivity index (χ0n) is 19.0. The lowest BCUT2D eigenvalue weighted by atomic mass is 10.0. The molecule has 4 heterocycles. The standard InChI is InChI=1S/C26H25N5O2S/c1-32-19-11-12-21(23(16-19)33-2)31-25(24(29-26(31)34)20-9-4-6-14-28-20)22-10-7-15-30(22)17-18-8-3-5-13-27-18/h3-16,24-25H,17H2,1-2H3,(H,29,34)/t24-,25+/m1/s1. The van der Waals surface area contributed by atoms with E-state index in [2.05, 4.69) is 43.1 Å². The summed E-state index contributed by atoms with van der Waals surface area (Å²) < 4.78 is 13.4. The van der Waals surface area contributed by atoms with Gasteiger partial charge in [-0.05, 0) is 60.7 Å². The molecule has 0 spiro atoms. The Morgan fingerprint density at radius 2 is 1.76 bits per heavy atom. The number of methoxy groups -OCH3 is 2. The Morgan fingerprint density at radius 1 is 0.941 bits per heavy atom. The van der Waals surface area contributed by atoms with Crippen molar-refractivity contribution in [3.8, 4) is 11.5 Å². The van der Waals surface area contributed by atoms with Crippen LogP contribution in [0.4, 0.5) is 5.69 Å². The number of ether oxygens (including phenoxy) is 2. The third-order valence-corrected chi connectivity index (χ3v) is 6.29. The normalized spacial score (nSPS) is 17.5. The highest BCUT2D eigenvalue weighted by atomic mass is 32.1. The molecular weight excluding hydrogens is 446 g/mol. The minimum absolute atomic E-state index is 0.155. The molecule has 7 nitrogen and oxygen atoms in total. The molecule has 1 saturated heterocycles. The highest BCUT2D eigenvalue weighted by Crippen LogP contribution is 2.45. The molecule has 1 N–H and O–H groups in total. The molecule has 8 heteroatoms. The molecule has 0 amide bonds. The molecular formula is C26H25N5O2S. The minimum Gasteiger partial charge on any atom is -0.497 e. The molecule has 5 rings (SSSR count). The van der Waals surface area contributed by atoms with Crippen molar-refractivity contribution in [2.24, 2.45) is 0 Å². The van der Waals surface area contributed by atoms with E-state index >= 15 is 0 Å². The van der Waals surface area contributed by atoms with Gasteiger partial charge in [0.1, 0.15) is 17.5 Å². The summed E-state index contributed by atoms with van der Waals surface area (Å²) in [5.74, 6) is 1.40. The molecule has 0 aliphatic carbocycles. The van der Waals surface area contributed by atoms with E-state index in [0.29, 0.717) is 17.4 Å². The summed E-state index contributed by atoms with van der Waals surface area (Å²) in [5, 5.41) is 4.11. The first-order chi connectivity index (χ1) is 16.7. The van der Waals surface area contributed by atoms with Gasteiger partial charge in [-0.3, -0.25) is 9.97 Å². The Morgan fingerprint density at radius 3 is 2.47 bits per heavy atom. The molecule has 0 radical (unpaired) electrons. The summed E-state index contributed by atoms with van der Waals surface area (Å²) in [6.45, 7) is 0.648. The number of thiocarbonyl (C=S) groups is 1. The average molecular weight is 472 g/mol. The monoisotopic (exact) mass is 471 g/mol. The van der Waals surface area contributed by atoms with Crippen LogP contribution in [0, 0.1) is 0 Å². The van der Waals surface area contributed by atoms with Gasteiger partial charge in [0.15, 0.2) is 5.11 Å². The summed E-state index contributed by atoms with van der Waals surface area (Å²) in [5.41, 5.74) is 3.84. The van der Waals surface area contributed by atoms with E-state index in [4.69, 9.17) is 21.7 Å². The van der Waals surface area contributed by atoms with E-state index in [-0.39, 0.29) is 12.1 Å². The highest BCUT2D eigenvalue weighted by molar-refractivity contribution is 7.80. The Labute approximate surface area is 204 Å². The Hall–Kier alpha value is -3.91. The SMILES string of the molecule is COc1ccc(N2C(=S)N[C@H](c3ccccn3)[C@@H]2c2cccn2Cc2ccccn2)c(OC)c1. The van der Waals surface area contributed by atoms with Crippen LogP contribution in [0.2, 0.25) is 0 Å². The van der Waals surface area contributed by atoms with Crippen molar-refractivity contribution < 1.29 is 9.47 Å². The fraction of sp³-hybridized carbons (Fsp3) is 0.192. The van der Waals surface area contributed by atoms with Gasteiger partial charge in [-0.1, -0.05) is 12.1 Å². The lowest BCUT2D eigenvalue weighted by molar-refractivity contribution is 0.394.